The highest BCUT2D eigenvalue weighted by atomic mass is 79.9. The molecular weight excluding hydrogens is 580 g/mol. The molecule has 0 saturated heterocycles. The molecule has 0 saturated carbocycles. The van der Waals surface area contributed by atoms with Crippen molar-refractivity contribution in [2.24, 2.45) is 4.99 Å². The van der Waals surface area contributed by atoms with Crippen molar-refractivity contribution >= 4 is 27.7 Å². The van der Waals surface area contributed by atoms with Crippen molar-refractivity contribution < 1.29 is 19.4 Å². The number of aliphatic imine (C=N–C) groups is 1. The molecule has 4 aromatic carbocycles. The van der Waals surface area contributed by atoms with Gasteiger partial charge in [0.1, 0.15) is 12.4 Å². The zero-order valence-electron chi connectivity index (χ0n) is 22.7. The molecule has 0 bridgehead atoms. The third-order valence-corrected chi connectivity index (χ3v) is 7.94. The second kappa shape index (κ2) is 13.6. The maximum atomic E-state index is 14.1. The van der Waals surface area contributed by atoms with E-state index in [1.54, 1.807) is 0 Å². The van der Waals surface area contributed by atoms with Gasteiger partial charge in [-0.05, 0) is 47.0 Å². The van der Waals surface area contributed by atoms with Crippen LogP contribution in [0.25, 0.3) is 0 Å². The molecule has 0 spiro atoms. The molecule has 0 unspecified atom stereocenters. The Labute approximate surface area is 249 Å². The highest BCUT2D eigenvalue weighted by Crippen LogP contribution is 2.31. The number of benzene rings is 4. The number of halogens is 1. The number of rotatable bonds is 12. The quantitative estimate of drug-likeness (QED) is 0.195. The molecule has 0 aromatic heterocycles. The molecule has 5 rings (SSSR count). The Morgan fingerprint density at radius 3 is 2.20 bits per heavy atom. The smallest absolute Gasteiger partial charge is 0.252 e. The Bertz CT molecular complexity index is 1420. The summed E-state index contributed by atoms with van der Waals surface area (Å²) < 4.78 is 12.7. The second-order valence-corrected chi connectivity index (χ2v) is 10.9. The molecule has 1 heterocycles. The standard InChI is InChI=1S/C34H33BrN2O4/c35-31-15-8-7-14-28(31)22-34(24-41-32(37-34)27-16-18-29(19-17-27)40-21-9-20-38)33(39)36-23-30(25-10-3-1-4-11-25)26-12-5-2-6-13-26/h1-8,10-19,30,38H,9,20-24H2,(H,36,39)/t34-/m1/s1. The lowest BCUT2D eigenvalue weighted by molar-refractivity contribution is -0.126. The third-order valence-electron chi connectivity index (χ3n) is 7.17. The van der Waals surface area contributed by atoms with Gasteiger partial charge in [0.05, 0.1) is 6.61 Å². The first kappa shape index (κ1) is 28.6. The number of nitrogens with zero attached hydrogens (tertiary/aromatic N) is 1. The molecule has 1 aliphatic rings. The molecule has 41 heavy (non-hydrogen) atoms. The highest BCUT2D eigenvalue weighted by Gasteiger charge is 2.45. The van der Waals surface area contributed by atoms with Crippen LogP contribution in [-0.4, -0.2) is 48.8 Å². The van der Waals surface area contributed by atoms with Gasteiger partial charge in [-0.15, -0.1) is 0 Å². The SMILES string of the molecule is O=C(NCC(c1ccccc1)c1ccccc1)[C@@]1(Cc2ccccc2Br)COC(c2ccc(OCCCO)cc2)=N1. The fraction of sp³-hybridized carbons (Fsp3) is 0.235. The van der Waals surface area contributed by atoms with Crippen molar-refractivity contribution in [1.82, 2.24) is 5.32 Å². The fourth-order valence-corrected chi connectivity index (χ4v) is 5.37. The number of ether oxygens (including phenoxy) is 2. The van der Waals surface area contributed by atoms with E-state index in [1.165, 1.54) is 0 Å². The van der Waals surface area contributed by atoms with E-state index in [0.717, 1.165) is 26.7 Å². The van der Waals surface area contributed by atoms with Crippen LogP contribution in [0.3, 0.4) is 0 Å². The zero-order valence-corrected chi connectivity index (χ0v) is 24.3. The molecule has 2 N–H and O–H groups in total. The van der Waals surface area contributed by atoms with Crippen LogP contribution in [0, 0.1) is 0 Å². The molecule has 210 valence electrons. The largest absolute Gasteiger partial charge is 0.494 e. The van der Waals surface area contributed by atoms with Crippen LogP contribution >= 0.6 is 15.9 Å². The number of hydrogen-bond acceptors (Lipinski definition) is 5. The average molecular weight is 614 g/mol. The lowest BCUT2D eigenvalue weighted by atomic mass is 9.89. The zero-order chi connectivity index (χ0) is 28.5. The Morgan fingerprint density at radius 2 is 1.56 bits per heavy atom. The van der Waals surface area contributed by atoms with Crippen LogP contribution in [-0.2, 0) is 16.0 Å². The predicted molar refractivity (Wildman–Crippen MR) is 164 cm³/mol. The van der Waals surface area contributed by atoms with Gasteiger partial charge in [0.25, 0.3) is 5.91 Å². The van der Waals surface area contributed by atoms with Crippen molar-refractivity contribution in [2.45, 2.75) is 24.3 Å². The van der Waals surface area contributed by atoms with E-state index in [4.69, 9.17) is 19.6 Å². The van der Waals surface area contributed by atoms with Gasteiger partial charge in [-0.1, -0.05) is 94.8 Å². The summed E-state index contributed by atoms with van der Waals surface area (Å²) in [6.07, 6.45) is 0.951. The topological polar surface area (TPSA) is 80.2 Å². The maximum absolute atomic E-state index is 14.1. The molecule has 1 atom stereocenters. The van der Waals surface area contributed by atoms with Gasteiger partial charge in [-0.2, -0.15) is 0 Å². The molecular formula is C34H33BrN2O4. The van der Waals surface area contributed by atoms with E-state index in [9.17, 15) is 4.79 Å². The predicted octanol–water partition coefficient (Wildman–Crippen LogP) is 5.92. The van der Waals surface area contributed by atoms with Gasteiger partial charge in [-0.3, -0.25) is 4.79 Å². The number of carbonyl (C=O) groups excluding carboxylic acids is 1. The minimum Gasteiger partial charge on any atom is -0.494 e. The first-order valence-electron chi connectivity index (χ1n) is 13.8. The Hall–Kier alpha value is -3.94. The van der Waals surface area contributed by atoms with Crippen LogP contribution in [0.4, 0.5) is 0 Å². The number of hydrogen-bond donors (Lipinski definition) is 2. The average Bonchev–Trinajstić information content (AvgIpc) is 3.45. The van der Waals surface area contributed by atoms with Gasteiger partial charge in [0, 0.05) is 41.9 Å². The molecule has 0 aliphatic carbocycles. The number of carbonyl (C=O) groups is 1. The Kier molecular flexibility index (Phi) is 9.49. The van der Waals surface area contributed by atoms with Crippen LogP contribution in [0.5, 0.6) is 5.75 Å². The van der Waals surface area contributed by atoms with Crippen LogP contribution < -0.4 is 10.1 Å². The highest BCUT2D eigenvalue weighted by molar-refractivity contribution is 9.10. The molecule has 1 amide bonds. The monoisotopic (exact) mass is 612 g/mol. The summed E-state index contributed by atoms with van der Waals surface area (Å²) in [5.74, 6) is 0.942. The van der Waals surface area contributed by atoms with Crippen LogP contribution in [0.15, 0.2) is 119 Å². The third kappa shape index (κ3) is 7.04. The van der Waals surface area contributed by atoms with Crippen molar-refractivity contribution in [2.75, 3.05) is 26.4 Å². The molecule has 0 radical (unpaired) electrons. The lowest BCUT2D eigenvalue weighted by Gasteiger charge is -2.26. The molecule has 4 aromatic rings. The first-order chi connectivity index (χ1) is 20.1. The normalized spacial score (nSPS) is 16.2. The summed E-state index contributed by atoms with van der Waals surface area (Å²) in [5, 5.41) is 12.2. The van der Waals surface area contributed by atoms with E-state index in [0.29, 0.717) is 37.6 Å². The number of nitrogens with one attached hydrogen (secondary N) is 1. The lowest BCUT2D eigenvalue weighted by Crippen LogP contribution is -2.49. The van der Waals surface area contributed by atoms with E-state index in [1.807, 2.05) is 84.9 Å². The van der Waals surface area contributed by atoms with Crippen molar-refractivity contribution in [1.29, 1.82) is 0 Å². The van der Waals surface area contributed by atoms with E-state index >= 15 is 0 Å². The minimum absolute atomic E-state index is 0.00832. The molecule has 7 heteroatoms. The van der Waals surface area contributed by atoms with Gasteiger partial charge in [-0.25, -0.2) is 4.99 Å². The van der Waals surface area contributed by atoms with Gasteiger partial charge < -0.3 is 19.9 Å². The Balaban J connectivity index is 1.41. The molecule has 0 fully saturated rings. The van der Waals surface area contributed by atoms with Crippen LogP contribution in [0.1, 0.15) is 34.6 Å². The van der Waals surface area contributed by atoms with Gasteiger partial charge in [0.2, 0.25) is 5.90 Å². The summed E-state index contributed by atoms with van der Waals surface area (Å²) in [4.78, 5) is 19.0. The number of amides is 1. The van der Waals surface area contributed by atoms with E-state index < -0.39 is 5.54 Å². The number of aliphatic hydroxyl groups excluding tert-OH is 1. The Morgan fingerprint density at radius 1 is 0.927 bits per heavy atom. The second-order valence-electron chi connectivity index (χ2n) is 10.0. The van der Waals surface area contributed by atoms with E-state index in [2.05, 4.69) is 45.5 Å². The summed E-state index contributed by atoms with van der Waals surface area (Å²) >= 11 is 3.64. The molecule has 1 aliphatic heterocycles. The summed E-state index contributed by atoms with van der Waals surface area (Å²) in [6, 6.07) is 35.8. The van der Waals surface area contributed by atoms with Crippen molar-refractivity contribution in [3.05, 3.63) is 136 Å². The fourth-order valence-electron chi connectivity index (χ4n) is 4.94. The first-order valence-corrected chi connectivity index (χ1v) is 14.6. The summed E-state index contributed by atoms with van der Waals surface area (Å²) in [5.41, 5.74) is 2.88. The number of aliphatic hydroxyl groups is 1. The maximum Gasteiger partial charge on any atom is 0.252 e. The summed E-state index contributed by atoms with van der Waals surface area (Å²) in [7, 11) is 0. The van der Waals surface area contributed by atoms with Crippen molar-refractivity contribution in [3.8, 4) is 5.75 Å². The summed E-state index contributed by atoms with van der Waals surface area (Å²) in [6.45, 7) is 1.08. The van der Waals surface area contributed by atoms with Gasteiger partial charge in [0.15, 0.2) is 5.54 Å². The van der Waals surface area contributed by atoms with Crippen LogP contribution in [0.2, 0.25) is 0 Å². The van der Waals surface area contributed by atoms with Gasteiger partial charge >= 0.3 is 0 Å². The van der Waals surface area contributed by atoms with Crippen molar-refractivity contribution in [3.63, 3.8) is 0 Å². The molecule has 6 nitrogen and oxygen atoms in total. The minimum atomic E-state index is -1.13. The van der Waals surface area contributed by atoms with E-state index in [-0.39, 0.29) is 25.0 Å².